The first-order chi connectivity index (χ1) is 20.4. The first-order valence-electron chi connectivity index (χ1n) is 13.5. The van der Waals surface area contributed by atoms with Crippen LogP contribution in [0.25, 0.3) is 22.2 Å². The maximum absolute atomic E-state index is 12.2. The number of aromatic amines is 1. The lowest BCUT2D eigenvalue weighted by atomic mass is 10.1. The fraction of sp³-hybridized carbons (Fsp3) is 0.267. The van der Waals surface area contributed by atoms with Crippen molar-refractivity contribution in [3.05, 3.63) is 72.3 Å². The Morgan fingerprint density at radius 2 is 1.60 bits per heavy atom. The number of benzene rings is 3. The van der Waals surface area contributed by atoms with Crippen LogP contribution in [0, 0.1) is 0 Å². The molecule has 4 amide bonds. The summed E-state index contributed by atoms with van der Waals surface area (Å²) in [6, 6.07) is 20.7. The summed E-state index contributed by atoms with van der Waals surface area (Å²) in [4.78, 5) is 37.1. The van der Waals surface area contributed by atoms with Crippen LogP contribution in [-0.2, 0) is 14.3 Å². The van der Waals surface area contributed by atoms with Gasteiger partial charge in [0.25, 0.3) is 5.91 Å². The highest BCUT2D eigenvalue weighted by Crippen LogP contribution is 2.34. The molecule has 0 saturated carbocycles. The van der Waals surface area contributed by atoms with E-state index in [4.69, 9.17) is 9.47 Å². The lowest BCUT2D eigenvalue weighted by Gasteiger charge is -2.09. The molecule has 0 saturated heterocycles. The summed E-state index contributed by atoms with van der Waals surface area (Å²) < 4.78 is 10.8. The highest BCUT2D eigenvalue weighted by molar-refractivity contribution is 7.99. The van der Waals surface area contributed by atoms with Gasteiger partial charge >= 0.3 is 6.03 Å². The molecule has 1 heterocycles. The summed E-state index contributed by atoms with van der Waals surface area (Å²) in [5.41, 5.74) is 3.87. The zero-order valence-corrected chi connectivity index (χ0v) is 24.3. The van der Waals surface area contributed by atoms with Gasteiger partial charge in [0.2, 0.25) is 5.91 Å². The van der Waals surface area contributed by atoms with Crippen molar-refractivity contribution in [3.8, 4) is 11.3 Å². The van der Waals surface area contributed by atoms with Crippen LogP contribution in [0.3, 0.4) is 0 Å². The van der Waals surface area contributed by atoms with E-state index in [-0.39, 0.29) is 17.8 Å². The second kappa shape index (κ2) is 15.6. The number of hydrogen-bond donors (Lipinski definition) is 5. The molecule has 0 bridgehead atoms. The number of hydrogen-bond acceptors (Lipinski definition) is 7. The molecule has 0 unspecified atom stereocenters. The lowest BCUT2D eigenvalue weighted by molar-refractivity contribution is -0.119. The Labute approximate surface area is 248 Å². The van der Waals surface area contributed by atoms with E-state index in [0.29, 0.717) is 50.8 Å². The maximum atomic E-state index is 12.2. The number of fused-ring (bicyclic) bond motifs is 1. The van der Waals surface area contributed by atoms with Gasteiger partial charge in [0.1, 0.15) is 0 Å². The van der Waals surface area contributed by atoms with Gasteiger partial charge < -0.3 is 30.7 Å². The quantitative estimate of drug-likeness (QED) is 0.139. The van der Waals surface area contributed by atoms with E-state index in [9.17, 15) is 14.4 Å². The van der Waals surface area contributed by atoms with Crippen molar-refractivity contribution in [3.63, 3.8) is 0 Å². The van der Waals surface area contributed by atoms with Crippen molar-refractivity contribution in [1.29, 1.82) is 0 Å². The molecule has 1 aromatic heterocycles. The average molecular weight is 591 g/mol. The third kappa shape index (κ3) is 8.80. The van der Waals surface area contributed by atoms with Crippen LogP contribution in [0.5, 0.6) is 0 Å². The van der Waals surface area contributed by atoms with Crippen molar-refractivity contribution >= 4 is 46.2 Å². The van der Waals surface area contributed by atoms with Gasteiger partial charge in [0.15, 0.2) is 0 Å². The number of ether oxygens (including phenoxy) is 2. The molecule has 0 aliphatic rings. The fourth-order valence-corrected chi connectivity index (χ4v) is 5.02. The number of nitrogens with zero attached hydrogens (tertiary/aromatic N) is 1. The van der Waals surface area contributed by atoms with Gasteiger partial charge in [0, 0.05) is 53.5 Å². The minimum atomic E-state index is -0.328. The summed E-state index contributed by atoms with van der Waals surface area (Å²) in [5.74, 6) is -0.211. The van der Waals surface area contributed by atoms with Gasteiger partial charge in [-0.05, 0) is 42.5 Å². The Hall–Kier alpha value is -4.39. The predicted octanol–water partition coefficient (Wildman–Crippen LogP) is 4.03. The Balaban J connectivity index is 1.24. The lowest BCUT2D eigenvalue weighted by Crippen LogP contribution is -2.31. The molecule has 220 valence electrons. The van der Waals surface area contributed by atoms with E-state index in [0.717, 1.165) is 32.0 Å². The number of aromatic nitrogens is 2. The second-order valence-electron chi connectivity index (χ2n) is 9.12. The highest BCUT2D eigenvalue weighted by atomic mass is 32.2. The molecule has 5 N–H and O–H groups in total. The SMILES string of the molecule is CNC(=O)c1ccccc1Sc1ccc2c(-c3ccc(NC(=O)NCCOCCOCCNC(C)=O)cc3)n[nH]c2c1. The fourth-order valence-electron chi connectivity index (χ4n) is 4.03. The summed E-state index contributed by atoms with van der Waals surface area (Å²) in [6.07, 6.45) is 0. The van der Waals surface area contributed by atoms with Crippen LogP contribution >= 0.6 is 11.8 Å². The number of rotatable bonds is 14. The Morgan fingerprint density at radius 1 is 0.881 bits per heavy atom. The molecule has 42 heavy (non-hydrogen) atoms. The minimum absolute atomic E-state index is 0.0879. The van der Waals surface area contributed by atoms with Gasteiger partial charge in [-0.15, -0.1) is 0 Å². The monoisotopic (exact) mass is 590 g/mol. The first kappa shape index (κ1) is 30.6. The largest absolute Gasteiger partial charge is 0.377 e. The van der Waals surface area contributed by atoms with E-state index in [1.54, 1.807) is 7.05 Å². The minimum Gasteiger partial charge on any atom is -0.377 e. The van der Waals surface area contributed by atoms with Crippen LogP contribution in [0.15, 0.2) is 76.5 Å². The number of amides is 4. The normalized spacial score (nSPS) is 10.8. The summed E-state index contributed by atoms with van der Waals surface area (Å²) in [5, 5.41) is 19.5. The number of urea groups is 1. The molecule has 4 aromatic rings. The van der Waals surface area contributed by atoms with Crippen LogP contribution < -0.4 is 21.3 Å². The number of nitrogens with one attached hydrogen (secondary N) is 5. The molecular formula is C30H34N6O5S. The van der Waals surface area contributed by atoms with Crippen molar-refractivity contribution < 1.29 is 23.9 Å². The van der Waals surface area contributed by atoms with Crippen LogP contribution in [0.2, 0.25) is 0 Å². The van der Waals surface area contributed by atoms with Gasteiger partial charge in [-0.3, -0.25) is 14.7 Å². The third-order valence-corrected chi connectivity index (χ3v) is 7.13. The van der Waals surface area contributed by atoms with Crippen molar-refractivity contribution in [2.45, 2.75) is 16.7 Å². The molecule has 3 aromatic carbocycles. The summed E-state index contributed by atoms with van der Waals surface area (Å²) >= 11 is 1.52. The number of H-pyrrole nitrogens is 1. The van der Waals surface area contributed by atoms with E-state index in [1.807, 2.05) is 66.7 Å². The van der Waals surface area contributed by atoms with Crippen molar-refractivity contribution in [2.24, 2.45) is 0 Å². The zero-order chi connectivity index (χ0) is 29.7. The molecule has 0 atom stereocenters. The van der Waals surface area contributed by atoms with Gasteiger partial charge in [-0.1, -0.05) is 36.0 Å². The molecule has 12 heteroatoms. The van der Waals surface area contributed by atoms with Crippen molar-refractivity contribution in [2.75, 3.05) is 51.9 Å². The first-order valence-corrected chi connectivity index (χ1v) is 14.3. The molecule has 0 aliphatic heterocycles. The highest BCUT2D eigenvalue weighted by Gasteiger charge is 2.13. The Bertz CT molecular complexity index is 1510. The van der Waals surface area contributed by atoms with E-state index in [1.165, 1.54) is 18.7 Å². The van der Waals surface area contributed by atoms with Crippen LogP contribution in [-0.4, -0.2) is 74.6 Å². The molecule has 0 radical (unpaired) electrons. The summed E-state index contributed by atoms with van der Waals surface area (Å²) in [6.45, 7) is 3.88. The number of carbonyl (C=O) groups excluding carboxylic acids is 3. The Morgan fingerprint density at radius 3 is 2.31 bits per heavy atom. The molecule has 11 nitrogen and oxygen atoms in total. The standard InChI is InChI=1S/C30H34N6O5S/c1-20(37)32-13-15-40-17-18-41-16-14-33-30(39)34-22-9-7-21(8-10-22)28-24-12-11-23(19-26(24)35-36-28)42-27-6-4-3-5-25(27)29(38)31-2/h3-12,19H,13-18H2,1-2H3,(H,31,38)(H,32,37)(H,35,36)(H2,33,34,39). The van der Waals surface area contributed by atoms with Gasteiger partial charge in [-0.2, -0.15) is 5.10 Å². The second-order valence-corrected chi connectivity index (χ2v) is 10.2. The molecule has 0 spiro atoms. The Kier molecular flexibility index (Phi) is 11.3. The maximum Gasteiger partial charge on any atom is 0.319 e. The van der Waals surface area contributed by atoms with E-state index in [2.05, 4.69) is 31.5 Å². The molecule has 0 aliphatic carbocycles. The molecule has 4 rings (SSSR count). The van der Waals surface area contributed by atoms with E-state index >= 15 is 0 Å². The van der Waals surface area contributed by atoms with Gasteiger partial charge in [-0.25, -0.2) is 4.79 Å². The van der Waals surface area contributed by atoms with E-state index < -0.39 is 0 Å². The number of carbonyl (C=O) groups is 3. The van der Waals surface area contributed by atoms with Crippen LogP contribution in [0.4, 0.5) is 10.5 Å². The zero-order valence-electron chi connectivity index (χ0n) is 23.5. The number of anilines is 1. The van der Waals surface area contributed by atoms with Gasteiger partial charge in [0.05, 0.1) is 43.2 Å². The topological polar surface area (TPSA) is 146 Å². The predicted molar refractivity (Wildman–Crippen MR) is 163 cm³/mol. The van der Waals surface area contributed by atoms with Crippen LogP contribution in [0.1, 0.15) is 17.3 Å². The smallest absolute Gasteiger partial charge is 0.319 e. The van der Waals surface area contributed by atoms with Crippen molar-refractivity contribution in [1.82, 2.24) is 26.1 Å². The summed E-state index contributed by atoms with van der Waals surface area (Å²) in [7, 11) is 1.62. The average Bonchev–Trinajstić information content (AvgIpc) is 3.41. The third-order valence-electron chi connectivity index (χ3n) is 6.06. The molecule has 0 fully saturated rings. The molecular weight excluding hydrogens is 556 g/mol.